The Hall–Kier alpha value is -2.58. The van der Waals surface area contributed by atoms with E-state index in [9.17, 15) is 18.4 Å². The van der Waals surface area contributed by atoms with E-state index < -0.39 is 30.3 Å². The van der Waals surface area contributed by atoms with E-state index in [2.05, 4.69) is 4.74 Å². The molecule has 7 nitrogen and oxygen atoms in total. The highest BCUT2D eigenvalue weighted by Crippen LogP contribution is 2.39. The van der Waals surface area contributed by atoms with Crippen LogP contribution in [0.4, 0.5) is 13.6 Å². The van der Waals surface area contributed by atoms with E-state index in [1.807, 2.05) is 0 Å². The number of nitrogens with two attached hydrogens (primary N) is 1. The lowest BCUT2D eigenvalue weighted by Gasteiger charge is -2.28. The van der Waals surface area contributed by atoms with Gasteiger partial charge in [-0.3, -0.25) is 4.79 Å². The first-order chi connectivity index (χ1) is 14.5. The number of primary amides is 1. The molecular weight excluding hydrogens is 410 g/mol. The van der Waals surface area contributed by atoms with Crippen LogP contribution >= 0.6 is 0 Å². The average molecular weight is 440 g/mol. The topological polar surface area (TPSA) is 91.1 Å². The van der Waals surface area contributed by atoms with Crippen molar-refractivity contribution in [3.8, 4) is 11.5 Å². The molecule has 1 heterocycles. The van der Waals surface area contributed by atoms with Crippen LogP contribution in [0.2, 0.25) is 0 Å². The third kappa shape index (κ3) is 6.70. The smallest absolute Gasteiger partial charge is 0.410 e. The summed E-state index contributed by atoms with van der Waals surface area (Å²) in [5.74, 6) is 0.0492. The molecule has 1 saturated carbocycles. The molecule has 1 saturated heterocycles. The lowest BCUT2D eigenvalue weighted by Crippen LogP contribution is -2.41. The number of alkyl halides is 2. The number of hydrogen-bond acceptors (Lipinski definition) is 5. The molecule has 9 heteroatoms. The summed E-state index contributed by atoms with van der Waals surface area (Å²) >= 11 is 0. The summed E-state index contributed by atoms with van der Waals surface area (Å²) in [6.07, 6.45) is 2.14. The predicted molar refractivity (Wildman–Crippen MR) is 109 cm³/mol. The van der Waals surface area contributed by atoms with Gasteiger partial charge in [-0.25, -0.2) is 4.79 Å². The van der Waals surface area contributed by atoms with Gasteiger partial charge in [0.25, 0.3) is 0 Å². The molecule has 31 heavy (non-hydrogen) atoms. The summed E-state index contributed by atoms with van der Waals surface area (Å²) in [4.78, 5) is 25.7. The third-order valence-corrected chi connectivity index (χ3v) is 5.31. The Labute approximate surface area is 180 Å². The molecule has 2 aliphatic rings. The summed E-state index contributed by atoms with van der Waals surface area (Å²) in [6, 6.07) is 4.44. The van der Waals surface area contributed by atoms with Crippen LogP contribution in [-0.4, -0.2) is 48.3 Å². The molecule has 0 aromatic heterocycles. The predicted octanol–water partition coefficient (Wildman–Crippen LogP) is 4.05. The highest BCUT2D eigenvalue weighted by Gasteiger charge is 2.39. The zero-order valence-corrected chi connectivity index (χ0v) is 18.1. The number of likely N-dealkylation sites (tertiary alicyclic amines) is 1. The number of nitrogens with zero attached hydrogens (tertiary/aromatic N) is 1. The molecule has 1 unspecified atom stereocenters. The fourth-order valence-electron chi connectivity index (χ4n) is 3.70. The first kappa shape index (κ1) is 23.1. The zero-order chi connectivity index (χ0) is 22.8. The number of rotatable bonds is 8. The van der Waals surface area contributed by atoms with E-state index in [-0.39, 0.29) is 23.8 Å². The number of amides is 2. The van der Waals surface area contributed by atoms with Crippen molar-refractivity contribution < 1.29 is 32.6 Å². The molecule has 0 spiro atoms. The van der Waals surface area contributed by atoms with Crippen molar-refractivity contribution in [3.05, 3.63) is 23.8 Å². The van der Waals surface area contributed by atoms with E-state index >= 15 is 0 Å². The molecule has 1 aliphatic carbocycles. The minimum Gasteiger partial charge on any atom is -0.489 e. The van der Waals surface area contributed by atoms with Crippen molar-refractivity contribution in [2.24, 2.45) is 11.7 Å². The van der Waals surface area contributed by atoms with Crippen LogP contribution in [-0.2, 0) is 9.53 Å². The van der Waals surface area contributed by atoms with Gasteiger partial charge in [0.1, 0.15) is 5.60 Å². The van der Waals surface area contributed by atoms with E-state index in [0.717, 1.165) is 18.4 Å². The minimum absolute atomic E-state index is 0.0184. The van der Waals surface area contributed by atoms with Gasteiger partial charge in [-0.2, -0.15) is 8.78 Å². The molecule has 1 aromatic carbocycles. The Bertz CT molecular complexity index is 808. The fourth-order valence-corrected chi connectivity index (χ4v) is 3.70. The molecule has 2 amide bonds. The van der Waals surface area contributed by atoms with Gasteiger partial charge in [0.05, 0.1) is 6.61 Å². The maximum absolute atomic E-state index is 12.8. The zero-order valence-electron chi connectivity index (χ0n) is 18.1. The summed E-state index contributed by atoms with van der Waals surface area (Å²) in [5, 5.41) is 0. The van der Waals surface area contributed by atoms with Crippen LogP contribution in [0, 0.1) is 5.92 Å². The molecule has 1 aliphatic heterocycles. The van der Waals surface area contributed by atoms with Crippen molar-refractivity contribution in [2.75, 3.05) is 13.2 Å². The third-order valence-electron chi connectivity index (χ3n) is 5.31. The Balaban J connectivity index is 1.80. The van der Waals surface area contributed by atoms with E-state index in [1.54, 1.807) is 32.9 Å². The number of halogens is 2. The summed E-state index contributed by atoms with van der Waals surface area (Å²) in [6.45, 7) is 3.13. The highest BCUT2D eigenvalue weighted by molar-refractivity contribution is 5.76. The van der Waals surface area contributed by atoms with Crippen LogP contribution in [0.3, 0.4) is 0 Å². The number of ether oxygens (including phenoxy) is 3. The molecule has 0 bridgehead atoms. The van der Waals surface area contributed by atoms with E-state index in [1.165, 1.54) is 11.0 Å². The second-order valence-corrected chi connectivity index (χ2v) is 9.23. The van der Waals surface area contributed by atoms with Crippen LogP contribution in [0.1, 0.15) is 57.9 Å². The highest BCUT2D eigenvalue weighted by atomic mass is 19.3. The lowest BCUT2D eigenvalue weighted by atomic mass is 9.95. The second-order valence-electron chi connectivity index (χ2n) is 9.23. The average Bonchev–Trinajstić information content (AvgIpc) is 3.37. The van der Waals surface area contributed by atoms with Gasteiger partial charge in [-0.05, 0) is 63.6 Å². The van der Waals surface area contributed by atoms with Crippen LogP contribution < -0.4 is 15.2 Å². The minimum atomic E-state index is -2.96. The maximum atomic E-state index is 12.8. The van der Waals surface area contributed by atoms with E-state index in [0.29, 0.717) is 25.5 Å². The van der Waals surface area contributed by atoms with Crippen molar-refractivity contribution in [1.82, 2.24) is 4.90 Å². The van der Waals surface area contributed by atoms with Gasteiger partial charge in [-0.1, -0.05) is 6.07 Å². The first-order valence-corrected chi connectivity index (χ1v) is 10.5. The van der Waals surface area contributed by atoms with Gasteiger partial charge in [-0.15, -0.1) is 0 Å². The maximum Gasteiger partial charge on any atom is 0.410 e. The van der Waals surface area contributed by atoms with Gasteiger partial charge >= 0.3 is 12.7 Å². The number of carbonyl (C=O) groups is 2. The number of hydrogen-bond donors (Lipinski definition) is 1. The van der Waals surface area contributed by atoms with Gasteiger partial charge in [0.2, 0.25) is 5.91 Å². The van der Waals surface area contributed by atoms with Crippen molar-refractivity contribution in [2.45, 2.75) is 70.6 Å². The number of carbonyl (C=O) groups excluding carboxylic acids is 2. The number of benzene rings is 1. The monoisotopic (exact) mass is 440 g/mol. The Morgan fingerprint density at radius 2 is 1.94 bits per heavy atom. The molecule has 172 valence electrons. The largest absolute Gasteiger partial charge is 0.489 e. The SMILES string of the molecule is CC(C)(C)OC(=O)N1CC(c2ccc(OC(F)F)c(OCC3CC3)c2)C[C@H]1CC(N)=O. The Morgan fingerprint density at radius 3 is 2.52 bits per heavy atom. The standard InChI is InChI=1S/C22H30F2N2O5/c1-22(2,3)31-21(28)26-11-15(8-16(26)10-19(25)27)14-6-7-17(30-20(23)24)18(9-14)29-12-13-4-5-13/h6-7,9,13,15-16,20H,4-5,8,10-12H2,1-3H3,(H2,25,27)/t15?,16-/m0/s1. The molecular formula is C22H30F2N2O5. The van der Waals surface area contributed by atoms with Crippen molar-refractivity contribution in [3.63, 3.8) is 0 Å². The first-order valence-electron chi connectivity index (χ1n) is 10.5. The van der Waals surface area contributed by atoms with Crippen LogP contribution in [0.15, 0.2) is 18.2 Å². The van der Waals surface area contributed by atoms with Gasteiger partial charge in [0.15, 0.2) is 11.5 Å². The van der Waals surface area contributed by atoms with Gasteiger partial charge < -0.3 is 24.8 Å². The second kappa shape index (κ2) is 9.28. The molecule has 3 rings (SSSR count). The summed E-state index contributed by atoms with van der Waals surface area (Å²) < 4.78 is 41.4. The molecule has 2 fully saturated rings. The van der Waals surface area contributed by atoms with E-state index in [4.69, 9.17) is 15.2 Å². The molecule has 0 radical (unpaired) electrons. The molecule has 2 N–H and O–H groups in total. The Morgan fingerprint density at radius 1 is 1.23 bits per heavy atom. The lowest BCUT2D eigenvalue weighted by molar-refractivity contribution is -0.118. The van der Waals surface area contributed by atoms with Crippen molar-refractivity contribution in [1.29, 1.82) is 0 Å². The fraction of sp³-hybridized carbons (Fsp3) is 0.636. The quantitative estimate of drug-likeness (QED) is 0.659. The normalized spacial score (nSPS) is 21.3. The van der Waals surface area contributed by atoms with Crippen LogP contribution in [0.5, 0.6) is 11.5 Å². The summed E-state index contributed by atoms with van der Waals surface area (Å²) in [7, 11) is 0. The summed E-state index contributed by atoms with van der Waals surface area (Å²) in [5.41, 5.74) is 5.52. The Kier molecular flexibility index (Phi) is 6.91. The van der Waals surface area contributed by atoms with Gasteiger partial charge in [0, 0.05) is 24.9 Å². The molecule has 2 atom stereocenters. The van der Waals surface area contributed by atoms with Crippen molar-refractivity contribution >= 4 is 12.0 Å². The molecule has 1 aromatic rings. The van der Waals surface area contributed by atoms with Crippen LogP contribution in [0.25, 0.3) is 0 Å².